The summed E-state index contributed by atoms with van der Waals surface area (Å²) < 4.78 is 19.3. The van der Waals surface area contributed by atoms with Gasteiger partial charge in [0.15, 0.2) is 0 Å². The lowest BCUT2D eigenvalue weighted by molar-refractivity contribution is 0.253. The number of unbranched alkanes of at least 4 members (excludes halogenated alkanes) is 2. The summed E-state index contributed by atoms with van der Waals surface area (Å²) in [4.78, 5) is 0. The zero-order valence-electron chi connectivity index (χ0n) is 12.8. The quantitative estimate of drug-likeness (QED) is 0.521. The Balaban J connectivity index is 1.49. The molecule has 0 unspecified atom stereocenters. The second-order valence-electron chi connectivity index (χ2n) is 4.42. The molecule has 10 nitrogen and oxygen atoms in total. The summed E-state index contributed by atoms with van der Waals surface area (Å²) in [6, 6.07) is 0. The normalized spacial score (nSPS) is 9.50. The molecule has 0 amide bonds. The molecule has 4 N–H and O–H groups in total. The van der Waals surface area contributed by atoms with Crippen LogP contribution in [0.5, 0.6) is 11.8 Å². The number of aromatic nitrogens is 4. The molecular formula is C14H16N6O4. The molecule has 2 heterocycles. The predicted molar refractivity (Wildman–Crippen MR) is 82.4 cm³/mol. The van der Waals surface area contributed by atoms with E-state index in [-0.39, 0.29) is 23.4 Å². The van der Waals surface area contributed by atoms with Crippen LogP contribution in [0.15, 0.2) is 9.26 Å². The number of hydrogen-bond donors (Lipinski definition) is 2. The number of nitrogens with two attached hydrogens (primary N) is 2. The van der Waals surface area contributed by atoms with Crippen molar-refractivity contribution in [1.29, 1.82) is 0 Å². The van der Waals surface area contributed by atoms with Gasteiger partial charge in [-0.05, 0) is 45.3 Å². The van der Waals surface area contributed by atoms with E-state index < -0.39 is 0 Å². The summed E-state index contributed by atoms with van der Waals surface area (Å²) in [5, 5.41) is 13.8. The molecule has 2 aromatic rings. The average molecular weight is 332 g/mol. The highest BCUT2D eigenvalue weighted by Gasteiger charge is 2.06. The fraction of sp³-hybridized carbons (Fsp3) is 0.429. The Morgan fingerprint density at radius 2 is 1.21 bits per heavy atom. The molecule has 24 heavy (non-hydrogen) atoms. The van der Waals surface area contributed by atoms with E-state index in [0.29, 0.717) is 26.1 Å². The first-order chi connectivity index (χ1) is 11.8. The lowest BCUT2D eigenvalue weighted by Crippen LogP contribution is -1.99. The summed E-state index contributed by atoms with van der Waals surface area (Å²) in [6.45, 7) is 0.857. The molecule has 0 bridgehead atoms. The number of nitrogens with zero attached hydrogens (tertiary/aromatic N) is 4. The van der Waals surface area contributed by atoms with Gasteiger partial charge in [-0.1, -0.05) is 11.8 Å². The van der Waals surface area contributed by atoms with E-state index in [1.165, 1.54) is 0 Å². The first kappa shape index (κ1) is 17.0. The molecular weight excluding hydrogens is 316 g/mol. The van der Waals surface area contributed by atoms with Crippen LogP contribution >= 0.6 is 0 Å². The maximum absolute atomic E-state index is 5.44. The number of rotatable bonds is 8. The van der Waals surface area contributed by atoms with Crippen LogP contribution in [0.4, 0.5) is 11.6 Å². The molecule has 2 aromatic heterocycles. The molecule has 0 aliphatic carbocycles. The maximum atomic E-state index is 5.44. The first-order valence-corrected chi connectivity index (χ1v) is 7.14. The van der Waals surface area contributed by atoms with Crippen LogP contribution < -0.4 is 20.9 Å². The van der Waals surface area contributed by atoms with Crippen molar-refractivity contribution in [3.8, 4) is 35.4 Å². The summed E-state index contributed by atoms with van der Waals surface area (Å²) in [6.07, 6.45) is 2.76. The highest BCUT2D eigenvalue weighted by Crippen LogP contribution is 2.14. The molecule has 0 saturated heterocycles. The van der Waals surface area contributed by atoms with Crippen molar-refractivity contribution in [2.45, 2.75) is 25.7 Å². The van der Waals surface area contributed by atoms with Crippen LogP contribution in [0.3, 0.4) is 0 Å². The Bertz CT molecular complexity index is 684. The van der Waals surface area contributed by atoms with Gasteiger partial charge < -0.3 is 20.9 Å². The number of anilines is 2. The summed E-state index contributed by atoms with van der Waals surface area (Å²) in [5.74, 6) is 12.1. The molecule has 0 radical (unpaired) electrons. The van der Waals surface area contributed by atoms with Crippen molar-refractivity contribution in [2.24, 2.45) is 0 Å². The molecule has 0 atom stereocenters. The van der Waals surface area contributed by atoms with Crippen molar-refractivity contribution in [3.05, 3.63) is 0 Å². The Hall–Kier alpha value is -3.40. The molecule has 0 aliphatic heterocycles. The second kappa shape index (κ2) is 9.58. The minimum atomic E-state index is 0.137. The SMILES string of the molecule is Nc1nonc1OCCCC#CC#CCCCOc1nonc1N. The largest absolute Gasteiger partial charge is 0.473 e. The third kappa shape index (κ3) is 5.77. The number of nitrogen functional groups attached to an aromatic ring is 2. The van der Waals surface area contributed by atoms with Gasteiger partial charge in [-0.25, -0.2) is 9.26 Å². The zero-order chi connectivity index (χ0) is 17.0. The molecule has 10 heteroatoms. The van der Waals surface area contributed by atoms with Crippen molar-refractivity contribution < 1.29 is 18.7 Å². The van der Waals surface area contributed by atoms with Crippen molar-refractivity contribution in [1.82, 2.24) is 20.6 Å². The van der Waals surface area contributed by atoms with E-state index >= 15 is 0 Å². The lowest BCUT2D eigenvalue weighted by atomic mass is 10.3. The summed E-state index contributed by atoms with van der Waals surface area (Å²) in [5.41, 5.74) is 10.9. The van der Waals surface area contributed by atoms with E-state index in [9.17, 15) is 0 Å². The van der Waals surface area contributed by atoms with E-state index in [0.717, 1.165) is 12.8 Å². The van der Waals surface area contributed by atoms with Crippen LogP contribution in [0.2, 0.25) is 0 Å². The molecule has 126 valence electrons. The van der Waals surface area contributed by atoms with E-state index in [1.54, 1.807) is 0 Å². The van der Waals surface area contributed by atoms with Gasteiger partial charge in [-0.2, -0.15) is 0 Å². The van der Waals surface area contributed by atoms with Crippen LogP contribution in [0, 0.1) is 23.7 Å². The topological polar surface area (TPSA) is 148 Å². The minimum Gasteiger partial charge on any atom is -0.473 e. The van der Waals surface area contributed by atoms with Gasteiger partial charge in [-0.15, -0.1) is 0 Å². The van der Waals surface area contributed by atoms with Gasteiger partial charge in [0.05, 0.1) is 13.2 Å². The Kier molecular flexibility index (Phi) is 6.77. The second-order valence-corrected chi connectivity index (χ2v) is 4.42. The highest BCUT2D eigenvalue weighted by atomic mass is 16.6. The first-order valence-electron chi connectivity index (χ1n) is 7.14. The van der Waals surface area contributed by atoms with Crippen LogP contribution in [-0.2, 0) is 0 Å². The monoisotopic (exact) mass is 332 g/mol. The third-order valence-electron chi connectivity index (χ3n) is 2.57. The third-order valence-corrected chi connectivity index (χ3v) is 2.57. The minimum absolute atomic E-state index is 0.137. The van der Waals surface area contributed by atoms with E-state index in [1.807, 2.05) is 0 Å². The molecule has 0 aromatic carbocycles. The van der Waals surface area contributed by atoms with Crippen LogP contribution in [0.1, 0.15) is 25.7 Å². The van der Waals surface area contributed by atoms with Gasteiger partial charge in [0.1, 0.15) is 0 Å². The van der Waals surface area contributed by atoms with Gasteiger partial charge in [-0.3, -0.25) is 0 Å². The van der Waals surface area contributed by atoms with Crippen LogP contribution in [-0.4, -0.2) is 33.8 Å². The van der Waals surface area contributed by atoms with Crippen molar-refractivity contribution >= 4 is 11.6 Å². The average Bonchev–Trinajstić information content (AvgIpc) is 3.17. The summed E-state index contributed by atoms with van der Waals surface area (Å²) >= 11 is 0. The van der Waals surface area contributed by atoms with E-state index in [2.05, 4.69) is 53.6 Å². The van der Waals surface area contributed by atoms with Gasteiger partial charge in [0.25, 0.3) is 11.8 Å². The lowest BCUT2D eigenvalue weighted by Gasteiger charge is -1.98. The highest BCUT2D eigenvalue weighted by molar-refractivity contribution is 5.37. The van der Waals surface area contributed by atoms with Gasteiger partial charge in [0.2, 0.25) is 11.6 Å². The molecule has 0 saturated carbocycles. The smallest absolute Gasteiger partial charge is 0.300 e. The molecule has 0 fully saturated rings. The Labute approximate surface area is 137 Å². The van der Waals surface area contributed by atoms with E-state index in [4.69, 9.17) is 20.9 Å². The van der Waals surface area contributed by atoms with Gasteiger partial charge in [0, 0.05) is 12.8 Å². The Morgan fingerprint density at radius 3 is 1.58 bits per heavy atom. The number of hydrogen-bond acceptors (Lipinski definition) is 10. The van der Waals surface area contributed by atoms with Crippen molar-refractivity contribution in [3.63, 3.8) is 0 Å². The van der Waals surface area contributed by atoms with Crippen LogP contribution in [0.25, 0.3) is 0 Å². The Morgan fingerprint density at radius 1 is 0.750 bits per heavy atom. The van der Waals surface area contributed by atoms with Gasteiger partial charge >= 0.3 is 0 Å². The number of ether oxygens (including phenoxy) is 2. The fourth-order valence-electron chi connectivity index (χ4n) is 1.45. The predicted octanol–water partition coefficient (Wildman–Crippen LogP) is 0.642. The summed E-state index contributed by atoms with van der Waals surface area (Å²) in [7, 11) is 0. The molecule has 0 spiro atoms. The molecule has 2 rings (SSSR count). The fourth-order valence-corrected chi connectivity index (χ4v) is 1.45. The maximum Gasteiger partial charge on any atom is 0.300 e. The zero-order valence-corrected chi connectivity index (χ0v) is 12.8. The van der Waals surface area contributed by atoms with Crippen molar-refractivity contribution in [2.75, 3.05) is 24.7 Å². The molecule has 0 aliphatic rings. The standard InChI is InChI=1S/C14H16N6O4/c15-11-13(19-23-17-11)21-9-7-5-3-1-2-4-6-8-10-22-14-12(16)18-24-20-14/h5-10H2,(H2,15,17)(H2,16,18).